The van der Waals surface area contributed by atoms with Gasteiger partial charge in [0.05, 0.1) is 11.4 Å². The first-order valence-electron chi connectivity index (χ1n) is 19.9. The normalized spacial score (nSPS) is 13.4. The summed E-state index contributed by atoms with van der Waals surface area (Å²) in [6.07, 6.45) is 15.8. The lowest BCUT2D eigenvalue weighted by atomic mass is 9.92. The molecule has 0 fully saturated rings. The monoisotopic (exact) mass is 713 g/mol. The number of nitrogens with zero attached hydrogens (tertiary/aromatic N) is 3. The van der Waals surface area contributed by atoms with Crippen LogP contribution in [0.3, 0.4) is 0 Å². The summed E-state index contributed by atoms with van der Waals surface area (Å²) in [5, 5.41) is 0. The molecule has 3 heteroatoms. The van der Waals surface area contributed by atoms with E-state index in [9.17, 15) is 0 Å². The molecule has 0 atom stereocenters. The van der Waals surface area contributed by atoms with Crippen LogP contribution in [0, 0.1) is 13.8 Å². The molecule has 278 valence electrons. The highest BCUT2D eigenvalue weighted by Crippen LogP contribution is 2.41. The highest BCUT2D eigenvalue weighted by molar-refractivity contribution is 5.81. The molecule has 0 saturated carbocycles. The Hall–Kier alpha value is -5.41. The molecule has 0 aliphatic heterocycles. The fraction of sp³-hybridized carbons (Fsp3) is 0.275. The maximum atomic E-state index is 5.20. The zero-order valence-electron chi connectivity index (χ0n) is 33.4. The van der Waals surface area contributed by atoms with Gasteiger partial charge in [0.25, 0.3) is 0 Å². The van der Waals surface area contributed by atoms with Gasteiger partial charge in [0.2, 0.25) is 0 Å². The van der Waals surface area contributed by atoms with E-state index in [2.05, 4.69) is 141 Å². The molecule has 2 aromatic heterocycles. The van der Waals surface area contributed by atoms with Gasteiger partial charge in [-0.05, 0) is 143 Å². The molecule has 0 amide bonds. The third-order valence-electron chi connectivity index (χ3n) is 10.5. The van der Waals surface area contributed by atoms with Gasteiger partial charge in [0.15, 0.2) is 0 Å². The van der Waals surface area contributed by atoms with Crippen LogP contribution in [-0.4, -0.2) is 9.55 Å². The molecule has 2 heterocycles. The van der Waals surface area contributed by atoms with E-state index in [1.807, 2.05) is 32.9 Å². The van der Waals surface area contributed by atoms with Crippen molar-refractivity contribution in [3.8, 4) is 39.3 Å². The largest absolute Gasteiger partial charge is 0.318 e. The van der Waals surface area contributed by atoms with Crippen molar-refractivity contribution < 1.29 is 0 Å². The number of rotatable bonds is 10. The van der Waals surface area contributed by atoms with Crippen molar-refractivity contribution in [1.29, 1.82) is 0 Å². The van der Waals surface area contributed by atoms with E-state index in [1.165, 1.54) is 58.7 Å². The lowest BCUT2D eigenvalue weighted by Crippen LogP contribution is -2.24. The number of benzene rings is 3. The Morgan fingerprint density at radius 2 is 1.28 bits per heavy atom. The minimum absolute atomic E-state index is 0.886. The molecule has 0 N–H and O–H groups in total. The Labute approximate surface area is 325 Å². The van der Waals surface area contributed by atoms with Gasteiger partial charge in [-0.2, -0.15) is 0 Å². The maximum Gasteiger partial charge on any atom is 0.0715 e. The summed E-state index contributed by atoms with van der Waals surface area (Å²) in [6.45, 7) is 26.7. The van der Waals surface area contributed by atoms with E-state index in [0.29, 0.717) is 0 Å². The third-order valence-corrected chi connectivity index (χ3v) is 10.5. The zero-order chi connectivity index (χ0) is 38.6. The number of aromatic nitrogens is 2. The quantitative estimate of drug-likeness (QED) is 0.106. The molecule has 7 rings (SSSR count). The molecule has 3 nitrogen and oxygen atoms in total. The standard InChI is InChI=1S/C46H47N3.C3H6.C2H6/c1-6-18-37-23-14-16-25-45(37)48(32(3)7-2)40-27-38(28-41(31-40)49-34(5)33(4)42-24-15-17-26-46(42)49)39-29-43(35-19-10-8-11-20-35)47-44(30-39)36-21-12-9-13-22-36;1-3-2;1-2/h6-13,19-22,27-31H,1-3,14-18,23-26H2,4-5H3;3H,1H2,2H3;1-2H3. The Balaban J connectivity index is 0.00000107. The smallest absolute Gasteiger partial charge is 0.0715 e. The maximum absolute atomic E-state index is 5.20. The minimum atomic E-state index is 0.886. The van der Waals surface area contributed by atoms with Gasteiger partial charge < -0.3 is 9.47 Å². The Morgan fingerprint density at radius 1 is 0.722 bits per heavy atom. The third kappa shape index (κ3) is 8.69. The van der Waals surface area contributed by atoms with Crippen molar-refractivity contribution in [3.63, 3.8) is 0 Å². The van der Waals surface area contributed by atoms with Crippen molar-refractivity contribution in [3.05, 3.63) is 175 Å². The summed E-state index contributed by atoms with van der Waals surface area (Å²) in [7, 11) is 0. The van der Waals surface area contributed by atoms with Crippen LogP contribution < -0.4 is 4.90 Å². The zero-order valence-corrected chi connectivity index (χ0v) is 33.4. The molecule has 0 spiro atoms. The second kappa shape index (κ2) is 19.1. The minimum Gasteiger partial charge on any atom is -0.318 e. The molecular weight excluding hydrogens is 655 g/mol. The second-order valence-electron chi connectivity index (χ2n) is 14.0. The van der Waals surface area contributed by atoms with E-state index >= 15 is 0 Å². The number of anilines is 1. The molecule has 5 aromatic rings. The van der Waals surface area contributed by atoms with Crippen LogP contribution in [0.15, 0.2) is 153 Å². The molecule has 3 aromatic carbocycles. The topological polar surface area (TPSA) is 21.1 Å². The average Bonchev–Trinajstić information content (AvgIpc) is 3.48. The second-order valence-corrected chi connectivity index (χ2v) is 14.0. The van der Waals surface area contributed by atoms with Crippen LogP contribution in [0.25, 0.3) is 39.3 Å². The summed E-state index contributed by atoms with van der Waals surface area (Å²) in [6, 6.07) is 32.7. The molecule has 0 radical (unpaired) electrons. The van der Waals surface area contributed by atoms with Gasteiger partial charge in [0.1, 0.15) is 0 Å². The van der Waals surface area contributed by atoms with E-state index < -0.39 is 0 Å². The van der Waals surface area contributed by atoms with E-state index in [1.54, 1.807) is 6.08 Å². The van der Waals surface area contributed by atoms with Crippen LogP contribution in [0.2, 0.25) is 0 Å². The lowest BCUT2D eigenvalue weighted by Gasteiger charge is -2.34. The van der Waals surface area contributed by atoms with Crippen molar-refractivity contribution in [2.24, 2.45) is 0 Å². The van der Waals surface area contributed by atoms with Gasteiger partial charge in [-0.15, -0.1) is 13.2 Å². The highest BCUT2D eigenvalue weighted by Gasteiger charge is 2.25. The van der Waals surface area contributed by atoms with Crippen molar-refractivity contribution >= 4 is 5.69 Å². The molecule has 0 bridgehead atoms. The molecule has 0 unspecified atom stereocenters. The Bertz CT molecular complexity index is 2050. The Kier molecular flexibility index (Phi) is 14.1. The summed E-state index contributed by atoms with van der Waals surface area (Å²) < 4.78 is 2.54. The first kappa shape index (κ1) is 39.8. The van der Waals surface area contributed by atoms with Crippen LogP contribution >= 0.6 is 0 Å². The van der Waals surface area contributed by atoms with Gasteiger partial charge in [-0.1, -0.05) is 99.8 Å². The van der Waals surface area contributed by atoms with Crippen LogP contribution in [0.1, 0.15) is 88.2 Å². The lowest BCUT2D eigenvalue weighted by molar-refractivity contribution is 0.649. The number of pyridine rings is 1. The van der Waals surface area contributed by atoms with Gasteiger partial charge in [-0.3, -0.25) is 0 Å². The molecular formula is C51H59N3. The summed E-state index contributed by atoms with van der Waals surface area (Å²) in [5.41, 5.74) is 18.2. The molecule has 2 aliphatic carbocycles. The number of fused-ring (bicyclic) bond motifs is 1. The average molecular weight is 714 g/mol. The number of allylic oxidation sites excluding steroid dienone is 5. The van der Waals surface area contributed by atoms with E-state index in [0.717, 1.165) is 83.6 Å². The molecule has 0 saturated heterocycles. The van der Waals surface area contributed by atoms with Gasteiger partial charge >= 0.3 is 0 Å². The summed E-state index contributed by atoms with van der Waals surface area (Å²) in [4.78, 5) is 7.58. The van der Waals surface area contributed by atoms with Crippen molar-refractivity contribution in [2.45, 2.75) is 92.4 Å². The van der Waals surface area contributed by atoms with Crippen molar-refractivity contribution in [2.75, 3.05) is 4.90 Å². The van der Waals surface area contributed by atoms with E-state index in [4.69, 9.17) is 4.98 Å². The fourth-order valence-electron chi connectivity index (χ4n) is 7.91. The van der Waals surface area contributed by atoms with E-state index in [-0.39, 0.29) is 0 Å². The van der Waals surface area contributed by atoms with Crippen LogP contribution in [-0.2, 0) is 12.8 Å². The number of hydrogen-bond donors (Lipinski definition) is 0. The highest BCUT2D eigenvalue weighted by atomic mass is 15.2. The van der Waals surface area contributed by atoms with Crippen molar-refractivity contribution in [1.82, 2.24) is 9.55 Å². The fourth-order valence-corrected chi connectivity index (χ4v) is 7.91. The first-order valence-corrected chi connectivity index (χ1v) is 19.9. The summed E-state index contributed by atoms with van der Waals surface area (Å²) >= 11 is 0. The van der Waals surface area contributed by atoms with Crippen LogP contribution in [0.4, 0.5) is 5.69 Å². The summed E-state index contributed by atoms with van der Waals surface area (Å²) in [5.74, 6) is 0. The molecule has 2 aliphatic rings. The SMILES string of the molecule is C=CC.C=CCC1=C(N(C(=C)C=C)c2cc(-c3cc(-c4ccccc4)nc(-c4ccccc4)c3)cc(-n3c(C)c(C)c4c3CCCC4)c2)CCCC1.CC. The van der Waals surface area contributed by atoms with Crippen LogP contribution in [0.5, 0.6) is 0 Å². The van der Waals surface area contributed by atoms with Gasteiger partial charge in [0, 0.05) is 45.3 Å². The Morgan fingerprint density at radius 3 is 1.87 bits per heavy atom. The van der Waals surface area contributed by atoms with Gasteiger partial charge in [-0.25, -0.2) is 4.98 Å². The molecule has 54 heavy (non-hydrogen) atoms. The number of hydrogen-bond acceptors (Lipinski definition) is 2. The predicted octanol–water partition coefficient (Wildman–Crippen LogP) is 14.5. The predicted molar refractivity (Wildman–Crippen MR) is 235 cm³/mol. The first-order chi connectivity index (χ1) is 26.4.